The standard InChI is InChI=1S/C10H20OS/c1-2-3-4-5-6-9-7-8-10(11)12-9/h9-11H,2-8H2,1H3. The Hall–Kier alpha value is 0.310. The van der Waals surface area contributed by atoms with Crippen molar-refractivity contribution >= 4 is 11.8 Å². The summed E-state index contributed by atoms with van der Waals surface area (Å²) in [5, 5.41) is 10.0. The first-order valence-corrected chi connectivity index (χ1v) is 6.10. The molecule has 0 spiro atoms. The molecule has 1 rings (SSSR count). The molecule has 2 atom stereocenters. The maximum atomic E-state index is 9.27. The van der Waals surface area contributed by atoms with Crippen molar-refractivity contribution < 1.29 is 5.11 Å². The summed E-state index contributed by atoms with van der Waals surface area (Å²) < 4.78 is 0. The number of hydrogen-bond acceptors (Lipinski definition) is 2. The van der Waals surface area contributed by atoms with Crippen LogP contribution in [0.2, 0.25) is 0 Å². The maximum Gasteiger partial charge on any atom is 0.0995 e. The number of rotatable bonds is 5. The molecular weight excluding hydrogens is 168 g/mol. The van der Waals surface area contributed by atoms with Crippen molar-refractivity contribution in [3.63, 3.8) is 0 Å². The Bertz CT molecular complexity index is 116. The van der Waals surface area contributed by atoms with E-state index < -0.39 is 0 Å². The van der Waals surface area contributed by atoms with E-state index in [1.807, 2.05) is 0 Å². The molecule has 1 aliphatic heterocycles. The lowest BCUT2D eigenvalue weighted by Crippen LogP contribution is -1.96. The van der Waals surface area contributed by atoms with Crippen molar-refractivity contribution in [2.24, 2.45) is 0 Å². The Kier molecular flexibility index (Phi) is 5.08. The number of unbranched alkanes of at least 4 members (excludes halogenated alkanes) is 3. The molecule has 1 heterocycles. The Morgan fingerprint density at radius 2 is 2.08 bits per heavy atom. The summed E-state index contributed by atoms with van der Waals surface area (Å²) in [6, 6.07) is 0. The normalized spacial score (nSPS) is 29.5. The highest BCUT2D eigenvalue weighted by molar-refractivity contribution is 8.00. The molecule has 72 valence electrons. The largest absolute Gasteiger partial charge is 0.382 e. The maximum absolute atomic E-state index is 9.27. The zero-order chi connectivity index (χ0) is 8.81. The van der Waals surface area contributed by atoms with E-state index in [1.54, 1.807) is 11.8 Å². The van der Waals surface area contributed by atoms with Gasteiger partial charge in [0.1, 0.15) is 0 Å². The fraction of sp³-hybridized carbons (Fsp3) is 1.00. The van der Waals surface area contributed by atoms with Gasteiger partial charge in [-0.25, -0.2) is 0 Å². The molecule has 0 aromatic rings. The summed E-state index contributed by atoms with van der Waals surface area (Å²) in [6.45, 7) is 2.24. The van der Waals surface area contributed by atoms with Crippen LogP contribution in [-0.4, -0.2) is 15.8 Å². The fourth-order valence-electron chi connectivity index (χ4n) is 1.70. The lowest BCUT2D eigenvalue weighted by molar-refractivity contribution is 0.259. The van der Waals surface area contributed by atoms with Gasteiger partial charge in [0.2, 0.25) is 0 Å². The van der Waals surface area contributed by atoms with Gasteiger partial charge in [-0.2, -0.15) is 0 Å². The van der Waals surface area contributed by atoms with Crippen molar-refractivity contribution in [3.05, 3.63) is 0 Å². The molecule has 0 aromatic heterocycles. The SMILES string of the molecule is CCCCCCC1CCC(O)S1. The van der Waals surface area contributed by atoms with Crippen LogP contribution >= 0.6 is 11.8 Å². The molecule has 0 radical (unpaired) electrons. The summed E-state index contributed by atoms with van der Waals surface area (Å²) in [5.41, 5.74) is -0.0545. The molecule has 1 saturated heterocycles. The van der Waals surface area contributed by atoms with Crippen molar-refractivity contribution in [3.8, 4) is 0 Å². The third-order valence-corrected chi connectivity index (χ3v) is 3.87. The summed E-state index contributed by atoms with van der Waals surface area (Å²) in [7, 11) is 0. The Labute approximate surface area is 79.9 Å². The van der Waals surface area contributed by atoms with E-state index in [0.717, 1.165) is 11.7 Å². The van der Waals surface area contributed by atoms with Crippen LogP contribution in [0.5, 0.6) is 0 Å². The second-order valence-corrected chi connectivity index (χ2v) is 5.12. The van der Waals surface area contributed by atoms with Crippen LogP contribution in [0.25, 0.3) is 0 Å². The molecule has 12 heavy (non-hydrogen) atoms. The van der Waals surface area contributed by atoms with Gasteiger partial charge < -0.3 is 5.11 Å². The van der Waals surface area contributed by atoms with Gasteiger partial charge in [-0.1, -0.05) is 32.6 Å². The minimum Gasteiger partial charge on any atom is -0.382 e. The smallest absolute Gasteiger partial charge is 0.0995 e. The zero-order valence-corrected chi connectivity index (χ0v) is 8.78. The number of thioether (sulfide) groups is 1. The van der Waals surface area contributed by atoms with Crippen molar-refractivity contribution in [1.29, 1.82) is 0 Å². The lowest BCUT2D eigenvalue weighted by atomic mass is 10.1. The molecule has 1 fully saturated rings. The van der Waals surface area contributed by atoms with Gasteiger partial charge in [0.25, 0.3) is 0 Å². The predicted molar refractivity (Wildman–Crippen MR) is 55.4 cm³/mol. The van der Waals surface area contributed by atoms with Crippen molar-refractivity contribution in [1.82, 2.24) is 0 Å². The minimum absolute atomic E-state index is 0.0545. The van der Waals surface area contributed by atoms with Crippen LogP contribution in [0, 0.1) is 0 Å². The highest BCUT2D eigenvalue weighted by Crippen LogP contribution is 2.34. The fourth-order valence-corrected chi connectivity index (χ4v) is 2.99. The second kappa shape index (κ2) is 5.87. The van der Waals surface area contributed by atoms with Crippen LogP contribution in [-0.2, 0) is 0 Å². The van der Waals surface area contributed by atoms with Gasteiger partial charge in [-0.15, -0.1) is 11.8 Å². The average molecular weight is 188 g/mol. The van der Waals surface area contributed by atoms with E-state index in [1.165, 1.54) is 38.5 Å². The third kappa shape index (κ3) is 3.81. The molecular formula is C10H20OS. The first-order valence-electron chi connectivity index (χ1n) is 5.16. The molecule has 1 aliphatic rings. The molecule has 0 saturated carbocycles. The number of aliphatic hydroxyl groups is 1. The van der Waals surface area contributed by atoms with Gasteiger partial charge in [-0.3, -0.25) is 0 Å². The van der Waals surface area contributed by atoms with Gasteiger partial charge in [-0.05, 0) is 19.3 Å². The topological polar surface area (TPSA) is 20.2 Å². The molecule has 0 bridgehead atoms. The molecule has 2 heteroatoms. The Morgan fingerprint density at radius 3 is 2.67 bits per heavy atom. The van der Waals surface area contributed by atoms with E-state index >= 15 is 0 Å². The van der Waals surface area contributed by atoms with E-state index in [0.29, 0.717) is 0 Å². The third-order valence-electron chi connectivity index (χ3n) is 2.46. The van der Waals surface area contributed by atoms with Gasteiger partial charge in [0.15, 0.2) is 0 Å². The van der Waals surface area contributed by atoms with Crippen LogP contribution in [0.1, 0.15) is 51.9 Å². The van der Waals surface area contributed by atoms with Gasteiger partial charge in [0.05, 0.1) is 5.44 Å². The molecule has 0 aromatic carbocycles. The quantitative estimate of drug-likeness (QED) is 0.669. The van der Waals surface area contributed by atoms with E-state index in [4.69, 9.17) is 0 Å². The van der Waals surface area contributed by atoms with Crippen LogP contribution in [0.3, 0.4) is 0 Å². The first-order chi connectivity index (χ1) is 5.83. The number of aliphatic hydroxyl groups excluding tert-OH is 1. The van der Waals surface area contributed by atoms with Gasteiger partial charge >= 0.3 is 0 Å². The highest BCUT2D eigenvalue weighted by atomic mass is 32.2. The monoisotopic (exact) mass is 188 g/mol. The average Bonchev–Trinajstić information content (AvgIpc) is 2.45. The van der Waals surface area contributed by atoms with E-state index in [2.05, 4.69) is 6.92 Å². The van der Waals surface area contributed by atoms with Crippen LogP contribution in [0.4, 0.5) is 0 Å². The molecule has 2 unspecified atom stereocenters. The molecule has 0 aliphatic carbocycles. The van der Waals surface area contributed by atoms with E-state index in [-0.39, 0.29) is 5.44 Å². The molecule has 0 amide bonds. The summed E-state index contributed by atoms with van der Waals surface area (Å²) in [6.07, 6.45) is 9.01. The van der Waals surface area contributed by atoms with Crippen molar-refractivity contribution in [2.75, 3.05) is 0 Å². The van der Waals surface area contributed by atoms with Crippen LogP contribution in [0.15, 0.2) is 0 Å². The van der Waals surface area contributed by atoms with Crippen LogP contribution < -0.4 is 0 Å². The first kappa shape index (κ1) is 10.4. The van der Waals surface area contributed by atoms with Gasteiger partial charge in [0, 0.05) is 5.25 Å². The second-order valence-electron chi connectivity index (χ2n) is 3.64. The predicted octanol–water partition coefficient (Wildman–Crippen LogP) is 3.17. The molecule has 1 N–H and O–H groups in total. The minimum atomic E-state index is -0.0545. The summed E-state index contributed by atoms with van der Waals surface area (Å²) in [4.78, 5) is 0. The summed E-state index contributed by atoms with van der Waals surface area (Å²) >= 11 is 1.78. The summed E-state index contributed by atoms with van der Waals surface area (Å²) in [5.74, 6) is 0. The van der Waals surface area contributed by atoms with E-state index in [9.17, 15) is 5.11 Å². The highest BCUT2D eigenvalue weighted by Gasteiger charge is 2.22. The lowest BCUT2D eigenvalue weighted by Gasteiger charge is -2.07. The Balaban J connectivity index is 1.93. The molecule has 1 nitrogen and oxygen atoms in total. The Morgan fingerprint density at radius 1 is 1.25 bits per heavy atom. The zero-order valence-electron chi connectivity index (χ0n) is 7.96. The number of hydrogen-bond donors (Lipinski definition) is 1. The van der Waals surface area contributed by atoms with Crippen molar-refractivity contribution in [2.45, 2.75) is 62.6 Å².